The van der Waals surface area contributed by atoms with Crippen LogP contribution in [-0.4, -0.2) is 50.4 Å². The van der Waals surface area contributed by atoms with Crippen LogP contribution in [0, 0.1) is 0 Å². The van der Waals surface area contributed by atoms with E-state index in [0.29, 0.717) is 23.7 Å². The molecule has 2 aromatic rings. The van der Waals surface area contributed by atoms with E-state index in [9.17, 15) is 4.79 Å². The van der Waals surface area contributed by atoms with Gasteiger partial charge in [0.15, 0.2) is 23.6 Å². The highest BCUT2D eigenvalue weighted by Gasteiger charge is 2.39. The van der Waals surface area contributed by atoms with Crippen LogP contribution in [-0.2, 0) is 16.0 Å². The summed E-state index contributed by atoms with van der Waals surface area (Å²) >= 11 is 0. The summed E-state index contributed by atoms with van der Waals surface area (Å²) < 4.78 is 21.3. The molecule has 0 amide bonds. The minimum absolute atomic E-state index is 0.204. The van der Waals surface area contributed by atoms with Gasteiger partial charge >= 0.3 is 5.97 Å². The molecule has 1 aromatic carbocycles. The van der Waals surface area contributed by atoms with Gasteiger partial charge in [0.1, 0.15) is 5.69 Å². The van der Waals surface area contributed by atoms with Crippen LogP contribution in [0.25, 0.3) is 0 Å². The number of nitrogens with two attached hydrogens (primary N) is 1. The molecule has 2 heterocycles. The summed E-state index contributed by atoms with van der Waals surface area (Å²) in [5, 5.41) is 1.95. The smallest absolute Gasteiger partial charge is 0.365 e. The number of imidazole rings is 1. The Hall–Kier alpha value is -2.74. The van der Waals surface area contributed by atoms with Gasteiger partial charge in [0.2, 0.25) is 5.75 Å². The highest BCUT2D eigenvalue weighted by molar-refractivity contribution is 5.74. The maximum Gasteiger partial charge on any atom is 0.365 e. The van der Waals surface area contributed by atoms with E-state index in [1.807, 2.05) is 17.4 Å². The summed E-state index contributed by atoms with van der Waals surface area (Å²) in [6.45, 7) is 0. The van der Waals surface area contributed by atoms with E-state index in [1.54, 1.807) is 27.7 Å². The van der Waals surface area contributed by atoms with Crippen molar-refractivity contribution in [1.82, 2.24) is 9.97 Å². The number of hydrogen-bond acceptors (Lipinski definition) is 6. The fourth-order valence-corrected chi connectivity index (χ4v) is 3.31. The highest BCUT2D eigenvalue weighted by atomic mass is 16.5. The van der Waals surface area contributed by atoms with Gasteiger partial charge < -0.3 is 29.2 Å². The topological polar surface area (TPSA) is 99.3 Å². The first kappa shape index (κ1) is 17.1. The summed E-state index contributed by atoms with van der Waals surface area (Å²) in [7, 11) is 6.11. The number of nitrogens with one attached hydrogen (secondary N) is 1. The van der Waals surface area contributed by atoms with Crippen LogP contribution in [0.3, 0.4) is 0 Å². The van der Waals surface area contributed by atoms with Crippen molar-refractivity contribution in [3.8, 4) is 17.2 Å². The van der Waals surface area contributed by atoms with E-state index in [1.165, 1.54) is 7.11 Å². The van der Waals surface area contributed by atoms with Crippen molar-refractivity contribution < 1.29 is 29.1 Å². The molecule has 0 fully saturated rings. The molecule has 134 valence electrons. The minimum atomic E-state index is -0.372. The Kier molecular flexibility index (Phi) is 4.80. The number of nitrogens with zero attached hydrogens (tertiary/aromatic N) is 1. The predicted octanol–water partition coefficient (Wildman–Crippen LogP) is 0.186. The molecule has 2 atom stereocenters. The summed E-state index contributed by atoms with van der Waals surface area (Å²) in [6, 6.07) is 3.15. The lowest BCUT2D eigenvalue weighted by atomic mass is 9.93. The number of benzene rings is 1. The number of esters is 1. The summed E-state index contributed by atoms with van der Waals surface area (Å²) in [6.07, 6.45) is 2.15. The molecule has 25 heavy (non-hydrogen) atoms. The first-order valence-corrected chi connectivity index (χ1v) is 7.88. The molecule has 1 aromatic heterocycles. The molecular weight excluding hydrogens is 326 g/mol. The van der Waals surface area contributed by atoms with Crippen molar-refractivity contribution in [2.24, 2.45) is 0 Å². The second-order valence-electron chi connectivity index (χ2n) is 5.69. The molecule has 8 heteroatoms. The van der Waals surface area contributed by atoms with E-state index >= 15 is 0 Å². The lowest BCUT2D eigenvalue weighted by molar-refractivity contribution is -0.712. The monoisotopic (exact) mass is 348 g/mol. The second kappa shape index (κ2) is 7.02. The molecule has 0 saturated carbocycles. The molecule has 0 spiro atoms. The molecule has 8 nitrogen and oxygen atoms in total. The molecule has 0 aliphatic carbocycles. The average Bonchev–Trinajstić information content (AvgIpc) is 3.13. The van der Waals surface area contributed by atoms with Crippen molar-refractivity contribution in [3.05, 3.63) is 35.4 Å². The lowest BCUT2D eigenvalue weighted by Gasteiger charge is -2.27. The van der Waals surface area contributed by atoms with Gasteiger partial charge in [-0.3, -0.25) is 0 Å². The number of carbonyl (C=O) groups excluding carboxylic acids is 1. The van der Waals surface area contributed by atoms with Gasteiger partial charge in [-0.05, 0) is 12.1 Å². The first-order valence-electron chi connectivity index (χ1n) is 7.88. The van der Waals surface area contributed by atoms with Crippen LogP contribution in [0.15, 0.2) is 18.5 Å². The number of aromatic nitrogens is 2. The van der Waals surface area contributed by atoms with Crippen LogP contribution >= 0.6 is 0 Å². The molecule has 1 aliphatic heterocycles. The molecule has 3 N–H and O–H groups in total. The Morgan fingerprint density at radius 1 is 1.16 bits per heavy atom. The van der Waals surface area contributed by atoms with Crippen LogP contribution in [0.2, 0.25) is 0 Å². The molecule has 3 rings (SSSR count). The number of carbonyl (C=O) groups is 1. The van der Waals surface area contributed by atoms with E-state index in [2.05, 4.69) is 9.97 Å². The van der Waals surface area contributed by atoms with Crippen LogP contribution in [0.5, 0.6) is 17.2 Å². The SMILES string of the molecule is COC(=O)[C@@H]1Cc2nc[nH]c2[C@@H](c2ccc(OC)c(OC)c2OC)[NH2+]1. The van der Waals surface area contributed by atoms with E-state index in [0.717, 1.165) is 17.0 Å². The van der Waals surface area contributed by atoms with Crippen molar-refractivity contribution >= 4 is 5.97 Å². The van der Waals surface area contributed by atoms with Crippen LogP contribution in [0.1, 0.15) is 23.0 Å². The quantitative estimate of drug-likeness (QED) is 0.748. The zero-order valence-corrected chi connectivity index (χ0v) is 14.7. The minimum Gasteiger partial charge on any atom is -0.493 e. The fourth-order valence-electron chi connectivity index (χ4n) is 3.31. The number of methoxy groups -OCH3 is 4. The third-order valence-electron chi connectivity index (χ3n) is 4.47. The Morgan fingerprint density at radius 2 is 1.92 bits per heavy atom. The standard InChI is InChI=1S/C17H21N3O5/c1-22-12-6-5-9(15(23-2)16(12)24-3)13-14-10(18-8-19-14)7-11(20-13)17(21)25-4/h5-6,8,11,13,20H,7H2,1-4H3,(H,18,19)/p+1/t11-,13+/m0/s1. The molecule has 0 bridgehead atoms. The van der Waals surface area contributed by atoms with Crippen molar-refractivity contribution in [2.45, 2.75) is 18.5 Å². The fraction of sp³-hybridized carbons (Fsp3) is 0.412. The average molecular weight is 348 g/mol. The van der Waals surface area contributed by atoms with E-state index < -0.39 is 0 Å². The van der Waals surface area contributed by atoms with Gasteiger partial charge in [0, 0.05) is 0 Å². The Balaban J connectivity index is 2.10. The molecule has 0 radical (unpaired) electrons. The predicted molar refractivity (Wildman–Crippen MR) is 88.0 cm³/mol. The highest BCUT2D eigenvalue weighted by Crippen LogP contribution is 2.43. The third kappa shape index (κ3) is 2.89. The number of aromatic amines is 1. The number of ether oxygens (including phenoxy) is 4. The van der Waals surface area contributed by atoms with E-state index in [4.69, 9.17) is 18.9 Å². The zero-order chi connectivity index (χ0) is 18.0. The lowest BCUT2D eigenvalue weighted by Crippen LogP contribution is -2.94. The number of hydrogen-bond donors (Lipinski definition) is 2. The number of quaternary nitrogens is 1. The van der Waals surface area contributed by atoms with Gasteiger partial charge in [-0.1, -0.05) is 0 Å². The summed E-state index contributed by atoms with van der Waals surface area (Å²) in [4.78, 5) is 19.6. The Morgan fingerprint density at radius 3 is 2.56 bits per heavy atom. The molecule has 0 saturated heterocycles. The zero-order valence-electron chi connectivity index (χ0n) is 14.7. The van der Waals surface area contributed by atoms with Crippen molar-refractivity contribution in [2.75, 3.05) is 28.4 Å². The van der Waals surface area contributed by atoms with Gasteiger partial charge in [0.25, 0.3) is 0 Å². The van der Waals surface area contributed by atoms with E-state index in [-0.39, 0.29) is 18.1 Å². The molecule has 0 unspecified atom stereocenters. The van der Waals surface area contributed by atoms with Gasteiger partial charge in [0.05, 0.1) is 52.4 Å². The maximum absolute atomic E-state index is 12.1. The number of rotatable bonds is 5. The van der Waals surface area contributed by atoms with Crippen LogP contribution < -0.4 is 19.5 Å². The third-order valence-corrected chi connectivity index (χ3v) is 4.47. The number of fused-ring (bicyclic) bond motifs is 1. The Labute approximate surface area is 145 Å². The van der Waals surface area contributed by atoms with Crippen molar-refractivity contribution in [1.29, 1.82) is 0 Å². The summed E-state index contributed by atoms with van der Waals surface area (Å²) in [5.74, 6) is 1.37. The maximum atomic E-state index is 12.1. The Bertz CT molecular complexity index is 774. The van der Waals surface area contributed by atoms with Crippen molar-refractivity contribution in [3.63, 3.8) is 0 Å². The normalized spacial score (nSPS) is 19.0. The first-order chi connectivity index (χ1) is 12.1. The summed E-state index contributed by atoms with van der Waals surface area (Å²) in [5.41, 5.74) is 2.64. The van der Waals surface area contributed by atoms with Gasteiger partial charge in [-0.2, -0.15) is 0 Å². The second-order valence-corrected chi connectivity index (χ2v) is 5.69. The molecular formula is C17H22N3O5+. The number of H-pyrrole nitrogens is 1. The van der Waals surface area contributed by atoms with Gasteiger partial charge in [-0.25, -0.2) is 9.78 Å². The van der Waals surface area contributed by atoms with Gasteiger partial charge in [-0.15, -0.1) is 0 Å². The molecule has 1 aliphatic rings. The van der Waals surface area contributed by atoms with Crippen LogP contribution in [0.4, 0.5) is 0 Å². The largest absolute Gasteiger partial charge is 0.493 e.